The molecule has 2 aromatic rings. The van der Waals surface area contributed by atoms with E-state index in [2.05, 4.69) is 5.32 Å². The molecule has 0 saturated heterocycles. The minimum absolute atomic E-state index is 0.143. The lowest BCUT2D eigenvalue weighted by Crippen LogP contribution is -2.00. The number of halogens is 3. The summed E-state index contributed by atoms with van der Waals surface area (Å²) >= 11 is 11.6. The lowest BCUT2D eigenvalue weighted by Gasteiger charge is -2.09. The van der Waals surface area contributed by atoms with Crippen LogP contribution in [0.2, 0.25) is 10.0 Å². The van der Waals surface area contributed by atoms with Crippen molar-refractivity contribution in [2.75, 3.05) is 5.32 Å². The number of aryl methyl sites for hydroxylation is 1. The van der Waals surface area contributed by atoms with E-state index in [0.29, 0.717) is 17.8 Å². The summed E-state index contributed by atoms with van der Waals surface area (Å²) in [6.07, 6.45) is 0. The molecule has 0 radical (unpaired) electrons. The zero-order valence-electron chi connectivity index (χ0n) is 10.2. The van der Waals surface area contributed by atoms with Crippen LogP contribution in [0.1, 0.15) is 11.1 Å². The van der Waals surface area contributed by atoms with E-state index in [9.17, 15) is 9.50 Å². The first kappa shape index (κ1) is 14.0. The summed E-state index contributed by atoms with van der Waals surface area (Å²) in [5.74, 6) is -0.378. The molecule has 19 heavy (non-hydrogen) atoms. The van der Waals surface area contributed by atoms with E-state index in [1.165, 1.54) is 6.07 Å². The highest BCUT2D eigenvalue weighted by atomic mass is 35.5. The van der Waals surface area contributed by atoms with Crippen LogP contribution < -0.4 is 5.32 Å². The highest BCUT2D eigenvalue weighted by Crippen LogP contribution is 2.34. The second-order valence-electron chi connectivity index (χ2n) is 4.23. The Balaban J connectivity index is 2.12. The molecule has 0 aliphatic rings. The van der Waals surface area contributed by atoms with Crippen molar-refractivity contribution in [3.63, 3.8) is 0 Å². The van der Waals surface area contributed by atoms with E-state index in [4.69, 9.17) is 23.2 Å². The summed E-state index contributed by atoms with van der Waals surface area (Å²) in [6, 6.07) is 8.17. The van der Waals surface area contributed by atoms with Crippen LogP contribution in [0.15, 0.2) is 30.3 Å². The van der Waals surface area contributed by atoms with Gasteiger partial charge in [-0.15, -0.1) is 0 Å². The van der Waals surface area contributed by atoms with E-state index >= 15 is 0 Å². The molecular weight excluding hydrogens is 288 g/mol. The fourth-order valence-electron chi connectivity index (χ4n) is 1.62. The van der Waals surface area contributed by atoms with E-state index in [1.807, 2.05) is 6.07 Å². The van der Waals surface area contributed by atoms with Gasteiger partial charge in [0.1, 0.15) is 5.82 Å². The lowest BCUT2D eigenvalue weighted by atomic mass is 10.1. The van der Waals surface area contributed by atoms with E-state index in [0.717, 1.165) is 5.56 Å². The third kappa shape index (κ3) is 3.31. The number of phenolic OH excluding ortho intramolecular Hbond substituents is 1. The molecule has 0 saturated carbocycles. The summed E-state index contributed by atoms with van der Waals surface area (Å²) in [5.41, 5.74) is 2.08. The van der Waals surface area contributed by atoms with Crippen molar-refractivity contribution in [3.05, 3.63) is 57.3 Å². The maximum Gasteiger partial charge on any atom is 0.152 e. The fraction of sp³-hybridized carbons (Fsp3) is 0.143. The summed E-state index contributed by atoms with van der Waals surface area (Å²) < 4.78 is 13.4. The molecule has 0 bridgehead atoms. The van der Waals surface area contributed by atoms with Crippen molar-refractivity contribution < 1.29 is 9.50 Å². The van der Waals surface area contributed by atoms with Crippen LogP contribution >= 0.6 is 23.2 Å². The van der Waals surface area contributed by atoms with Gasteiger partial charge in [-0.2, -0.15) is 0 Å². The van der Waals surface area contributed by atoms with Gasteiger partial charge in [-0.1, -0.05) is 35.3 Å². The predicted molar refractivity (Wildman–Crippen MR) is 76.6 cm³/mol. The molecule has 0 spiro atoms. The largest absolute Gasteiger partial charge is 0.505 e. The molecule has 2 aromatic carbocycles. The number of aromatic hydroxyl groups is 1. The first-order valence-corrected chi connectivity index (χ1v) is 6.40. The van der Waals surface area contributed by atoms with Crippen molar-refractivity contribution in [3.8, 4) is 5.75 Å². The minimum Gasteiger partial charge on any atom is -0.505 e. The smallest absolute Gasteiger partial charge is 0.152 e. The molecule has 0 aliphatic heterocycles. The normalized spacial score (nSPS) is 10.5. The van der Waals surface area contributed by atoms with Gasteiger partial charge < -0.3 is 10.4 Å². The topological polar surface area (TPSA) is 32.3 Å². The van der Waals surface area contributed by atoms with Crippen molar-refractivity contribution in [2.45, 2.75) is 13.5 Å². The van der Waals surface area contributed by atoms with Gasteiger partial charge in [-0.25, -0.2) is 4.39 Å². The fourth-order valence-corrected chi connectivity index (χ4v) is 2.11. The quantitative estimate of drug-likeness (QED) is 0.801. The van der Waals surface area contributed by atoms with Gasteiger partial charge in [-0.05, 0) is 36.2 Å². The molecule has 5 heteroatoms. The summed E-state index contributed by atoms with van der Waals surface area (Å²) in [7, 11) is 0. The Hall–Kier alpha value is -1.45. The zero-order valence-corrected chi connectivity index (χ0v) is 11.7. The summed E-state index contributed by atoms with van der Waals surface area (Å²) in [6.45, 7) is 2.15. The van der Waals surface area contributed by atoms with Crippen molar-refractivity contribution in [1.82, 2.24) is 0 Å². The number of phenols is 1. The molecule has 0 atom stereocenters. The maximum absolute atomic E-state index is 13.4. The first-order chi connectivity index (χ1) is 8.97. The van der Waals surface area contributed by atoms with Gasteiger partial charge in [0.25, 0.3) is 0 Å². The monoisotopic (exact) mass is 299 g/mol. The van der Waals surface area contributed by atoms with E-state index < -0.39 is 0 Å². The van der Waals surface area contributed by atoms with Gasteiger partial charge in [0.05, 0.1) is 10.0 Å². The van der Waals surface area contributed by atoms with Gasteiger partial charge in [0.2, 0.25) is 0 Å². The zero-order chi connectivity index (χ0) is 14.0. The Morgan fingerprint density at radius 3 is 2.37 bits per heavy atom. The molecule has 0 heterocycles. The summed E-state index contributed by atoms with van der Waals surface area (Å²) in [4.78, 5) is 0. The molecule has 100 valence electrons. The van der Waals surface area contributed by atoms with Crippen LogP contribution in [-0.2, 0) is 6.54 Å². The lowest BCUT2D eigenvalue weighted by molar-refractivity contribution is 0.476. The molecule has 2 rings (SSSR count). The number of benzene rings is 2. The van der Waals surface area contributed by atoms with Crippen molar-refractivity contribution >= 4 is 28.9 Å². The highest BCUT2D eigenvalue weighted by Gasteiger charge is 2.06. The van der Waals surface area contributed by atoms with Crippen molar-refractivity contribution in [2.24, 2.45) is 0 Å². The average Bonchev–Trinajstić information content (AvgIpc) is 2.37. The van der Waals surface area contributed by atoms with Crippen LogP contribution in [0.5, 0.6) is 5.75 Å². The maximum atomic E-state index is 13.4. The van der Waals surface area contributed by atoms with Crippen LogP contribution in [-0.4, -0.2) is 5.11 Å². The Kier molecular flexibility index (Phi) is 4.17. The molecule has 0 fully saturated rings. The standard InChI is InChI=1S/C14H12Cl2FNO/c1-8-2-3-9(4-13(8)17)7-18-10-5-11(15)14(19)12(16)6-10/h2-6,18-19H,7H2,1H3. The second-order valence-corrected chi connectivity index (χ2v) is 5.04. The van der Waals surface area contributed by atoms with Crippen LogP contribution in [0.4, 0.5) is 10.1 Å². The predicted octanol–water partition coefficient (Wildman–Crippen LogP) is 4.76. The van der Waals surface area contributed by atoms with Crippen LogP contribution in [0.3, 0.4) is 0 Å². The summed E-state index contributed by atoms with van der Waals surface area (Å²) in [5, 5.41) is 12.9. The molecule has 0 aromatic heterocycles. The number of hydrogen-bond donors (Lipinski definition) is 2. The molecule has 0 unspecified atom stereocenters. The Labute approximate surface area is 120 Å². The first-order valence-electron chi connectivity index (χ1n) is 5.64. The van der Waals surface area contributed by atoms with E-state index in [-0.39, 0.29) is 21.6 Å². The van der Waals surface area contributed by atoms with Crippen molar-refractivity contribution in [1.29, 1.82) is 0 Å². The Bertz CT molecular complexity index is 593. The molecular formula is C14H12Cl2FNO. The van der Waals surface area contributed by atoms with Gasteiger partial charge in [0, 0.05) is 12.2 Å². The number of hydrogen-bond acceptors (Lipinski definition) is 2. The second kappa shape index (κ2) is 5.68. The van der Waals surface area contributed by atoms with Gasteiger partial charge in [0.15, 0.2) is 5.75 Å². The minimum atomic E-state index is -0.235. The number of rotatable bonds is 3. The molecule has 2 nitrogen and oxygen atoms in total. The third-order valence-electron chi connectivity index (χ3n) is 2.75. The Morgan fingerprint density at radius 1 is 1.16 bits per heavy atom. The van der Waals surface area contributed by atoms with Crippen LogP contribution in [0.25, 0.3) is 0 Å². The van der Waals surface area contributed by atoms with Gasteiger partial charge in [-0.3, -0.25) is 0 Å². The SMILES string of the molecule is Cc1ccc(CNc2cc(Cl)c(O)c(Cl)c2)cc1F. The molecule has 0 aliphatic carbocycles. The third-order valence-corrected chi connectivity index (χ3v) is 3.33. The Morgan fingerprint density at radius 2 is 1.79 bits per heavy atom. The average molecular weight is 300 g/mol. The number of anilines is 1. The van der Waals surface area contributed by atoms with E-state index in [1.54, 1.807) is 25.1 Å². The number of nitrogens with one attached hydrogen (secondary N) is 1. The van der Waals surface area contributed by atoms with Crippen LogP contribution in [0, 0.1) is 12.7 Å². The highest BCUT2D eigenvalue weighted by molar-refractivity contribution is 6.37. The van der Waals surface area contributed by atoms with Gasteiger partial charge >= 0.3 is 0 Å². The molecule has 0 amide bonds. The molecule has 2 N–H and O–H groups in total.